The zero-order valence-corrected chi connectivity index (χ0v) is 11.1. The van der Waals surface area contributed by atoms with Crippen molar-refractivity contribution in [3.05, 3.63) is 0 Å². The number of hydrogen-bond acceptors (Lipinski definition) is 4. The van der Waals surface area contributed by atoms with Gasteiger partial charge in [0.15, 0.2) is 0 Å². The van der Waals surface area contributed by atoms with Gasteiger partial charge in [-0.3, -0.25) is 0 Å². The molecule has 0 radical (unpaired) electrons. The summed E-state index contributed by atoms with van der Waals surface area (Å²) in [5, 5.41) is 8.78. The van der Waals surface area contributed by atoms with Crippen molar-refractivity contribution in [3.63, 3.8) is 0 Å². The number of likely N-dealkylation sites (N-methyl/N-ethyl adjacent to an activating group) is 1. The van der Waals surface area contributed by atoms with E-state index in [1.165, 1.54) is 12.8 Å². The van der Waals surface area contributed by atoms with Crippen molar-refractivity contribution >= 4 is 0 Å². The summed E-state index contributed by atoms with van der Waals surface area (Å²) in [7, 11) is 2.08. The number of ether oxygens (including phenoxy) is 1. The number of nitrogens with two attached hydrogens (primary N) is 1. The summed E-state index contributed by atoms with van der Waals surface area (Å²) in [6.07, 6.45) is 4.40. The Kier molecular flexibility index (Phi) is 5.90. The predicted molar refractivity (Wildman–Crippen MR) is 68.5 cm³/mol. The van der Waals surface area contributed by atoms with Gasteiger partial charge < -0.3 is 15.4 Å². The van der Waals surface area contributed by atoms with Gasteiger partial charge >= 0.3 is 0 Å². The Morgan fingerprint density at radius 3 is 2.76 bits per heavy atom. The summed E-state index contributed by atoms with van der Waals surface area (Å²) in [6, 6.07) is 2.12. The molecule has 1 atom stereocenters. The molecule has 1 aliphatic carbocycles. The van der Waals surface area contributed by atoms with Gasteiger partial charge in [-0.15, -0.1) is 0 Å². The lowest BCUT2D eigenvalue weighted by Gasteiger charge is -2.19. The van der Waals surface area contributed by atoms with Crippen LogP contribution in [0.5, 0.6) is 0 Å². The number of hydrogen-bond donors (Lipinski definition) is 1. The van der Waals surface area contributed by atoms with Crippen LogP contribution in [0.1, 0.15) is 32.6 Å². The largest absolute Gasteiger partial charge is 0.380 e. The van der Waals surface area contributed by atoms with Crippen LogP contribution < -0.4 is 5.73 Å². The fourth-order valence-electron chi connectivity index (χ4n) is 1.64. The molecule has 4 heteroatoms. The normalized spacial score (nSPS) is 19.0. The SMILES string of the molecule is CN(CCCC(C)(N)C#N)CCOCC1CC1. The maximum Gasteiger partial charge on any atom is 0.101 e. The predicted octanol–water partition coefficient (Wildman–Crippen LogP) is 1.37. The zero-order valence-electron chi connectivity index (χ0n) is 11.1. The lowest BCUT2D eigenvalue weighted by molar-refractivity contribution is 0.103. The number of rotatable bonds is 9. The molecule has 1 aliphatic rings. The van der Waals surface area contributed by atoms with Crippen molar-refractivity contribution in [3.8, 4) is 6.07 Å². The van der Waals surface area contributed by atoms with E-state index >= 15 is 0 Å². The average Bonchev–Trinajstić information content (AvgIpc) is 3.08. The third kappa shape index (κ3) is 7.32. The molecule has 0 heterocycles. The van der Waals surface area contributed by atoms with E-state index in [4.69, 9.17) is 15.7 Å². The Morgan fingerprint density at radius 2 is 2.18 bits per heavy atom. The molecule has 0 saturated heterocycles. The van der Waals surface area contributed by atoms with Gasteiger partial charge in [0.1, 0.15) is 5.54 Å². The highest BCUT2D eigenvalue weighted by Gasteiger charge is 2.21. The Labute approximate surface area is 105 Å². The topological polar surface area (TPSA) is 62.3 Å². The molecule has 0 aromatic carbocycles. The van der Waals surface area contributed by atoms with Crippen molar-refractivity contribution in [2.24, 2.45) is 11.7 Å². The summed E-state index contributed by atoms with van der Waals surface area (Å²) < 4.78 is 5.58. The molecule has 1 fully saturated rings. The van der Waals surface area contributed by atoms with Crippen molar-refractivity contribution in [1.29, 1.82) is 5.26 Å². The molecule has 1 unspecified atom stereocenters. The van der Waals surface area contributed by atoms with E-state index in [1.54, 1.807) is 6.92 Å². The Bertz CT molecular complexity index is 256. The molecule has 1 saturated carbocycles. The van der Waals surface area contributed by atoms with E-state index in [1.807, 2.05) is 0 Å². The molecular weight excluding hydrogens is 214 g/mol. The van der Waals surface area contributed by atoms with Gasteiger partial charge in [0.25, 0.3) is 0 Å². The van der Waals surface area contributed by atoms with Crippen LogP contribution in [-0.2, 0) is 4.74 Å². The maximum atomic E-state index is 8.78. The van der Waals surface area contributed by atoms with Gasteiger partial charge in [-0.05, 0) is 52.1 Å². The first-order valence-corrected chi connectivity index (χ1v) is 6.50. The first kappa shape index (κ1) is 14.4. The van der Waals surface area contributed by atoms with Crippen LogP contribution in [0.2, 0.25) is 0 Å². The van der Waals surface area contributed by atoms with Crippen LogP contribution in [0, 0.1) is 17.2 Å². The second kappa shape index (κ2) is 6.95. The van der Waals surface area contributed by atoms with E-state index in [9.17, 15) is 0 Å². The van der Waals surface area contributed by atoms with Crippen LogP contribution in [0.4, 0.5) is 0 Å². The maximum absolute atomic E-state index is 8.78. The summed E-state index contributed by atoms with van der Waals surface area (Å²) in [4.78, 5) is 2.24. The summed E-state index contributed by atoms with van der Waals surface area (Å²) >= 11 is 0. The highest BCUT2D eigenvalue weighted by molar-refractivity contribution is 5.00. The molecule has 98 valence electrons. The standard InChI is InChI=1S/C13H25N3O/c1-13(15,11-14)6-3-7-16(2)8-9-17-10-12-4-5-12/h12H,3-10,15H2,1-2H3. The van der Waals surface area contributed by atoms with Crippen LogP contribution in [-0.4, -0.2) is 43.8 Å². The summed E-state index contributed by atoms with van der Waals surface area (Å²) in [5.41, 5.74) is 5.08. The first-order chi connectivity index (χ1) is 8.03. The zero-order chi connectivity index (χ0) is 12.7. The summed E-state index contributed by atoms with van der Waals surface area (Å²) in [5.74, 6) is 0.842. The molecule has 1 rings (SSSR count). The van der Waals surface area contributed by atoms with E-state index in [0.29, 0.717) is 0 Å². The molecular formula is C13H25N3O. The summed E-state index contributed by atoms with van der Waals surface area (Å²) in [6.45, 7) is 5.46. The fraction of sp³-hybridized carbons (Fsp3) is 0.923. The Morgan fingerprint density at radius 1 is 1.47 bits per heavy atom. The molecule has 2 N–H and O–H groups in total. The highest BCUT2D eigenvalue weighted by Crippen LogP contribution is 2.28. The Hall–Kier alpha value is -0.630. The molecule has 17 heavy (non-hydrogen) atoms. The minimum absolute atomic E-state index is 0.677. The molecule has 0 bridgehead atoms. The van der Waals surface area contributed by atoms with Gasteiger partial charge in [-0.2, -0.15) is 5.26 Å². The molecule has 0 aromatic rings. The number of nitrogens with zero attached hydrogens (tertiary/aromatic N) is 2. The smallest absolute Gasteiger partial charge is 0.101 e. The van der Waals surface area contributed by atoms with E-state index < -0.39 is 5.54 Å². The van der Waals surface area contributed by atoms with Crippen LogP contribution in [0.25, 0.3) is 0 Å². The molecule has 0 spiro atoms. The lowest BCUT2D eigenvalue weighted by Crippen LogP contribution is -2.35. The van der Waals surface area contributed by atoms with Crippen LogP contribution in [0.15, 0.2) is 0 Å². The average molecular weight is 239 g/mol. The monoisotopic (exact) mass is 239 g/mol. The first-order valence-electron chi connectivity index (χ1n) is 6.50. The Balaban J connectivity index is 1.93. The van der Waals surface area contributed by atoms with Crippen LogP contribution >= 0.6 is 0 Å². The third-order valence-electron chi connectivity index (χ3n) is 3.16. The van der Waals surface area contributed by atoms with Gasteiger partial charge in [0.2, 0.25) is 0 Å². The van der Waals surface area contributed by atoms with Crippen molar-refractivity contribution < 1.29 is 4.74 Å². The van der Waals surface area contributed by atoms with E-state index in [2.05, 4.69) is 18.0 Å². The van der Waals surface area contributed by atoms with E-state index in [-0.39, 0.29) is 0 Å². The van der Waals surface area contributed by atoms with Gasteiger partial charge in [-0.1, -0.05) is 0 Å². The molecule has 0 aromatic heterocycles. The van der Waals surface area contributed by atoms with Gasteiger partial charge in [0, 0.05) is 13.2 Å². The second-order valence-corrected chi connectivity index (χ2v) is 5.45. The molecule has 0 amide bonds. The lowest BCUT2D eigenvalue weighted by atomic mass is 9.99. The van der Waals surface area contributed by atoms with Crippen molar-refractivity contribution in [1.82, 2.24) is 4.90 Å². The fourth-order valence-corrected chi connectivity index (χ4v) is 1.64. The van der Waals surface area contributed by atoms with E-state index in [0.717, 1.165) is 45.1 Å². The minimum Gasteiger partial charge on any atom is -0.380 e. The molecule has 0 aliphatic heterocycles. The van der Waals surface area contributed by atoms with Gasteiger partial charge in [0.05, 0.1) is 12.7 Å². The highest BCUT2D eigenvalue weighted by atomic mass is 16.5. The van der Waals surface area contributed by atoms with Gasteiger partial charge in [-0.25, -0.2) is 0 Å². The third-order valence-corrected chi connectivity index (χ3v) is 3.16. The van der Waals surface area contributed by atoms with Crippen molar-refractivity contribution in [2.45, 2.75) is 38.1 Å². The molecule has 4 nitrogen and oxygen atoms in total. The minimum atomic E-state index is -0.677. The van der Waals surface area contributed by atoms with Crippen molar-refractivity contribution in [2.75, 3.05) is 33.4 Å². The number of nitriles is 1. The second-order valence-electron chi connectivity index (χ2n) is 5.45. The van der Waals surface area contributed by atoms with Crippen LogP contribution in [0.3, 0.4) is 0 Å². The quantitative estimate of drug-likeness (QED) is 0.617.